The van der Waals surface area contributed by atoms with Crippen molar-refractivity contribution in [3.8, 4) is 0 Å². The van der Waals surface area contributed by atoms with Crippen LogP contribution in [0, 0.1) is 0 Å². The summed E-state index contributed by atoms with van der Waals surface area (Å²) in [5.74, 6) is 0.420. The lowest BCUT2D eigenvalue weighted by Crippen LogP contribution is -2.21. The second-order valence-electron chi connectivity index (χ2n) is 3.17. The summed E-state index contributed by atoms with van der Waals surface area (Å²) in [5, 5.41) is 10.2. The lowest BCUT2D eigenvalue weighted by Gasteiger charge is -2.20. The second-order valence-corrected chi connectivity index (χ2v) is 3.17. The molecule has 1 unspecified atom stereocenters. The molecular formula is C10H10N2O2. The number of hydrogen-bond acceptors (Lipinski definition) is 4. The van der Waals surface area contributed by atoms with Gasteiger partial charge in [-0.2, -0.15) is 0 Å². The molecule has 0 aliphatic heterocycles. The lowest BCUT2D eigenvalue weighted by molar-refractivity contribution is 0.0766. The normalized spacial score (nSPS) is 15.0. The number of aliphatic hydroxyl groups is 1. The zero-order chi connectivity index (χ0) is 10.0. The fourth-order valence-electron chi connectivity index (χ4n) is 1.27. The lowest BCUT2D eigenvalue weighted by atomic mass is 9.95. The average Bonchev–Trinajstić information content (AvgIpc) is 2.72. The van der Waals surface area contributed by atoms with Gasteiger partial charge in [-0.1, -0.05) is 0 Å². The monoisotopic (exact) mass is 190 g/mol. The first-order chi connectivity index (χ1) is 6.71. The van der Waals surface area contributed by atoms with Gasteiger partial charge in [-0.3, -0.25) is 4.98 Å². The predicted octanol–water partition coefficient (Wildman–Crippen LogP) is 1.33. The van der Waals surface area contributed by atoms with Gasteiger partial charge in [0.15, 0.2) is 12.2 Å². The fraction of sp³-hybridized carbons (Fsp3) is 0.200. The molecule has 0 aliphatic rings. The van der Waals surface area contributed by atoms with Crippen LogP contribution in [0.3, 0.4) is 0 Å². The Morgan fingerprint density at radius 3 is 2.57 bits per heavy atom. The fourth-order valence-corrected chi connectivity index (χ4v) is 1.27. The Kier molecular flexibility index (Phi) is 2.05. The van der Waals surface area contributed by atoms with Crippen molar-refractivity contribution in [1.29, 1.82) is 0 Å². The van der Waals surface area contributed by atoms with Crippen molar-refractivity contribution < 1.29 is 9.52 Å². The third kappa shape index (κ3) is 1.40. The Bertz CT molecular complexity index is 395. The summed E-state index contributed by atoms with van der Waals surface area (Å²) in [6.07, 6.45) is 6.05. The van der Waals surface area contributed by atoms with Crippen molar-refractivity contribution in [2.75, 3.05) is 0 Å². The van der Waals surface area contributed by atoms with Gasteiger partial charge in [0.05, 0.1) is 6.20 Å². The molecule has 2 rings (SSSR count). The van der Waals surface area contributed by atoms with Crippen molar-refractivity contribution in [3.05, 3.63) is 48.4 Å². The molecule has 0 radical (unpaired) electrons. The topological polar surface area (TPSA) is 59.2 Å². The van der Waals surface area contributed by atoms with E-state index >= 15 is 0 Å². The van der Waals surface area contributed by atoms with Gasteiger partial charge < -0.3 is 9.52 Å². The molecule has 0 aromatic carbocycles. The zero-order valence-corrected chi connectivity index (χ0v) is 7.71. The average molecular weight is 190 g/mol. The molecule has 72 valence electrons. The molecule has 0 bridgehead atoms. The molecule has 0 saturated carbocycles. The van der Waals surface area contributed by atoms with E-state index in [0.717, 1.165) is 5.56 Å². The number of oxazole rings is 1. The van der Waals surface area contributed by atoms with Crippen LogP contribution in [0.25, 0.3) is 0 Å². The van der Waals surface area contributed by atoms with E-state index in [1.54, 1.807) is 31.5 Å². The maximum atomic E-state index is 10.2. The standard InChI is InChI=1S/C10H10N2O2/c1-10(13,9-6-12-7-14-9)8-2-4-11-5-3-8/h2-7,13H,1H3. The first kappa shape index (κ1) is 8.90. The third-order valence-electron chi connectivity index (χ3n) is 2.15. The van der Waals surface area contributed by atoms with E-state index in [0.29, 0.717) is 5.76 Å². The largest absolute Gasteiger partial charge is 0.445 e. The van der Waals surface area contributed by atoms with E-state index in [9.17, 15) is 5.11 Å². The SMILES string of the molecule is CC(O)(c1ccncc1)c1cnco1. The van der Waals surface area contributed by atoms with Crippen LogP contribution in [0.4, 0.5) is 0 Å². The van der Waals surface area contributed by atoms with E-state index in [4.69, 9.17) is 4.42 Å². The van der Waals surface area contributed by atoms with E-state index in [-0.39, 0.29) is 0 Å². The van der Waals surface area contributed by atoms with E-state index < -0.39 is 5.60 Å². The van der Waals surface area contributed by atoms with Crippen molar-refractivity contribution in [2.45, 2.75) is 12.5 Å². The van der Waals surface area contributed by atoms with Crippen LogP contribution in [-0.2, 0) is 5.60 Å². The molecule has 1 N–H and O–H groups in total. The van der Waals surface area contributed by atoms with E-state index in [2.05, 4.69) is 9.97 Å². The number of rotatable bonds is 2. The molecule has 2 aromatic rings. The molecule has 14 heavy (non-hydrogen) atoms. The van der Waals surface area contributed by atoms with Crippen molar-refractivity contribution in [3.63, 3.8) is 0 Å². The predicted molar refractivity (Wildman–Crippen MR) is 49.4 cm³/mol. The Morgan fingerprint density at radius 1 is 1.29 bits per heavy atom. The first-order valence-corrected chi connectivity index (χ1v) is 4.23. The van der Waals surface area contributed by atoms with Crippen LogP contribution in [0.5, 0.6) is 0 Å². The van der Waals surface area contributed by atoms with Crippen LogP contribution >= 0.6 is 0 Å². The van der Waals surface area contributed by atoms with Gasteiger partial charge in [-0.05, 0) is 24.6 Å². The van der Waals surface area contributed by atoms with Crippen LogP contribution < -0.4 is 0 Å². The van der Waals surface area contributed by atoms with E-state index in [1.807, 2.05) is 0 Å². The summed E-state index contributed by atoms with van der Waals surface area (Å²) in [7, 11) is 0. The summed E-state index contributed by atoms with van der Waals surface area (Å²) in [6.45, 7) is 1.66. The molecule has 2 heterocycles. The molecule has 0 amide bonds. The van der Waals surface area contributed by atoms with Gasteiger partial charge >= 0.3 is 0 Å². The van der Waals surface area contributed by atoms with Crippen molar-refractivity contribution >= 4 is 0 Å². The summed E-state index contributed by atoms with van der Waals surface area (Å²) in [5.41, 5.74) is -0.427. The van der Waals surface area contributed by atoms with Gasteiger partial charge in [-0.15, -0.1) is 0 Å². The van der Waals surface area contributed by atoms with Crippen LogP contribution in [0.1, 0.15) is 18.2 Å². The highest BCUT2D eigenvalue weighted by atomic mass is 16.4. The Balaban J connectivity index is 2.43. The second kappa shape index (κ2) is 3.23. The molecule has 0 aliphatic carbocycles. The van der Waals surface area contributed by atoms with Gasteiger partial charge in [0.25, 0.3) is 0 Å². The summed E-state index contributed by atoms with van der Waals surface area (Å²) in [6, 6.07) is 3.48. The first-order valence-electron chi connectivity index (χ1n) is 4.23. The summed E-state index contributed by atoms with van der Waals surface area (Å²) in [4.78, 5) is 7.65. The van der Waals surface area contributed by atoms with Crippen LogP contribution in [-0.4, -0.2) is 15.1 Å². The molecule has 4 heteroatoms. The van der Waals surface area contributed by atoms with Crippen molar-refractivity contribution in [2.24, 2.45) is 0 Å². The minimum atomic E-state index is -1.15. The molecule has 0 saturated heterocycles. The summed E-state index contributed by atoms with van der Waals surface area (Å²) < 4.78 is 5.07. The highest BCUT2D eigenvalue weighted by Crippen LogP contribution is 2.27. The summed E-state index contributed by atoms with van der Waals surface area (Å²) >= 11 is 0. The molecule has 1 atom stereocenters. The number of nitrogens with zero attached hydrogens (tertiary/aromatic N) is 2. The molecule has 2 aromatic heterocycles. The Labute approximate surface area is 81.2 Å². The Morgan fingerprint density at radius 2 is 2.00 bits per heavy atom. The zero-order valence-electron chi connectivity index (χ0n) is 7.71. The van der Waals surface area contributed by atoms with Crippen molar-refractivity contribution in [1.82, 2.24) is 9.97 Å². The molecule has 4 nitrogen and oxygen atoms in total. The highest BCUT2D eigenvalue weighted by Gasteiger charge is 2.28. The quantitative estimate of drug-likeness (QED) is 0.776. The van der Waals surface area contributed by atoms with Gasteiger partial charge in [0.2, 0.25) is 0 Å². The molecular weight excluding hydrogens is 180 g/mol. The van der Waals surface area contributed by atoms with Crippen LogP contribution in [0.15, 0.2) is 41.5 Å². The molecule has 0 fully saturated rings. The highest BCUT2D eigenvalue weighted by molar-refractivity contribution is 5.26. The Hall–Kier alpha value is -1.68. The number of aromatic nitrogens is 2. The molecule has 0 spiro atoms. The van der Waals surface area contributed by atoms with Gasteiger partial charge in [0.1, 0.15) is 5.60 Å². The van der Waals surface area contributed by atoms with E-state index in [1.165, 1.54) is 12.6 Å². The maximum Gasteiger partial charge on any atom is 0.181 e. The number of pyridine rings is 1. The smallest absolute Gasteiger partial charge is 0.181 e. The third-order valence-corrected chi connectivity index (χ3v) is 2.15. The minimum absolute atomic E-state index is 0.420. The maximum absolute atomic E-state index is 10.2. The van der Waals surface area contributed by atoms with Crippen LogP contribution in [0.2, 0.25) is 0 Å². The number of hydrogen-bond donors (Lipinski definition) is 1. The minimum Gasteiger partial charge on any atom is -0.445 e. The van der Waals surface area contributed by atoms with Gasteiger partial charge in [0, 0.05) is 12.4 Å². The van der Waals surface area contributed by atoms with Gasteiger partial charge in [-0.25, -0.2) is 4.98 Å².